The first-order valence-electron chi connectivity index (χ1n) is 8.07. The van der Waals surface area contributed by atoms with Gasteiger partial charge in [0.1, 0.15) is 17.4 Å². The minimum atomic E-state index is -0.773. The van der Waals surface area contributed by atoms with Crippen molar-refractivity contribution in [3.8, 4) is 5.75 Å². The van der Waals surface area contributed by atoms with Crippen LogP contribution in [0.4, 0.5) is 8.78 Å². The van der Waals surface area contributed by atoms with Gasteiger partial charge in [-0.3, -0.25) is 0 Å². The summed E-state index contributed by atoms with van der Waals surface area (Å²) in [6.07, 6.45) is 5.49. The van der Waals surface area contributed by atoms with Crippen LogP contribution < -0.4 is 4.74 Å². The van der Waals surface area contributed by atoms with E-state index in [1.165, 1.54) is 35.9 Å². The monoisotopic (exact) mass is 328 g/mol. The Kier molecular flexibility index (Phi) is 4.74. The van der Waals surface area contributed by atoms with Gasteiger partial charge in [0.05, 0.1) is 5.56 Å². The summed E-state index contributed by atoms with van der Waals surface area (Å²) in [7, 11) is 0. The molecule has 0 aliphatic heterocycles. The summed E-state index contributed by atoms with van der Waals surface area (Å²) >= 11 is 0. The van der Waals surface area contributed by atoms with Crippen molar-refractivity contribution in [3.63, 3.8) is 0 Å². The molecular weight excluding hydrogens is 310 g/mol. The van der Waals surface area contributed by atoms with Crippen LogP contribution in [0.2, 0.25) is 0 Å². The number of esters is 1. The van der Waals surface area contributed by atoms with Gasteiger partial charge in [-0.2, -0.15) is 0 Å². The normalized spacial score (nSPS) is 13.2. The van der Waals surface area contributed by atoms with Crippen molar-refractivity contribution >= 4 is 12.0 Å². The third-order valence-corrected chi connectivity index (χ3v) is 4.15. The van der Waals surface area contributed by atoms with Crippen molar-refractivity contribution in [1.29, 1.82) is 0 Å². The number of fused-ring (bicyclic) bond motifs is 1. The lowest BCUT2D eigenvalue weighted by Gasteiger charge is -2.18. The molecule has 4 heteroatoms. The fourth-order valence-electron chi connectivity index (χ4n) is 2.94. The molecule has 24 heavy (non-hydrogen) atoms. The first-order valence-corrected chi connectivity index (χ1v) is 8.07. The van der Waals surface area contributed by atoms with Crippen LogP contribution >= 0.6 is 0 Å². The smallest absolute Gasteiger partial charge is 0.346 e. The van der Waals surface area contributed by atoms with E-state index in [4.69, 9.17) is 4.74 Å². The highest BCUT2D eigenvalue weighted by atomic mass is 19.1. The lowest BCUT2D eigenvalue weighted by Crippen LogP contribution is -2.14. The van der Waals surface area contributed by atoms with Crippen LogP contribution in [0.1, 0.15) is 47.7 Å². The van der Waals surface area contributed by atoms with Gasteiger partial charge in [-0.15, -0.1) is 0 Å². The molecule has 0 amide bonds. The molecule has 0 fully saturated rings. The molecule has 0 saturated heterocycles. The zero-order chi connectivity index (χ0) is 17.1. The third kappa shape index (κ3) is 3.37. The average molecular weight is 328 g/mol. The van der Waals surface area contributed by atoms with E-state index in [1.807, 2.05) is 6.08 Å². The summed E-state index contributed by atoms with van der Waals surface area (Å²) in [6.45, 7) is 2.12. The Bertz CT molecular complexity index is 792. The SMILES string of the molecule is CCCC1=Cc2ccc(C(=O)Oc3ccc(F)cc3)c(F)c2CC1. The number of carbonyl (C=O) groups excluding carboxylic acids is 1. The fraction of sp³-hybridized carbons (Fsp3) is 0.250. The van der Waals surface area contributed by atoms with Gasteiger partial charge in [-0.25, -0.2) is 13.6 Å². The average Bonchev–Trinajstić information content (AvgIpc) is 2.57. The van der Waals surface area contributed by atoms with E-state index in [1.54, 1.807) is 6.07 Å². The standard InChI is InChI=1S/C20H18F2O2/c1-2-3-13-4-10-17-14(12-13)5-11-18(19(17)22)20(23)24-16-8-6-15(21)7-9-16/h5-9,11-12H,2-4,10H2,1H3. The van der Waals surface area contributed by atoms with E-state index in [0.717, 1.165) is 24.8 Å². The summed E-state index contributed by atoms with van der Waals surface area (Å²) < 4.78 is 32.7. The molecule has 0 saturated carbocycles. The van der Waals surface area contributed by atoms with Crippen molar-refractivity contribution in [2.75, 3.05) is 0 Å². The van der Waals surface area contributed by atoms with Crippen LogP contribution in [0.15, 0.2) is 42.0 Å². The molecule has 0 N–H and O–H groups in total. The van der Waals surface area contributed by atoms with Crippen molar-refractivity contribution in [1.82, 2.24) is 0 Å². The maximum absolute atomic E-state index is 14.7. The summed E-state index contributed by atoms with van der Waals surface area (Å²) in [6, 6.07) is 8.25. The van der Waals surface area contributed by atoms with Gasteiger partial charge in [-0.05, 0) is 60.7 Å². The summed E-state index contributed by atoms with van der Waals surface area (Å²) in [4.78, 5) is 12.2. The molecular formula is C20H18F2O2. The molecule has 0 aromatic heterocycles. The maximum atomic E-state index is 14.7. The number of halogens is 2. The van der Waals surface area contributed by atoms with Gasteiger partial charge < -0.3 is 4.74 Å². The Morgan fingerprint density at radius 2 is 1.83 bits per heavy atom. The largest absolute Gasteiger partial charge is 0.423 e. The Morgan fingerprint density at radius 1 is 1.08 bits per heavy atom. The van der Waals surface area contributed by atoms with E-state index in [-0.39, 0.29) is 11.3 Å². The van der Waals surface area contributed by atoms with Crippen LogP contribution in [0, 0.1) is 11.6 Å². The van der Waals surface area contributed by atoms with E-state index in [0.29, 0.717) is 12.0 Å². The van der Waals surface area contributed by atoms with Gasteiger partial charge in [0.15, 0.2) is 0 Å². The second-order valence-electron chi connectivity index (χ2n) is 5.89. The number of ether oxygens (including phenoxy) is 1. The van der Waals surface area contributed by atoms with Gasteiger partial charge in [-0.1, -0.05) is 31.1 Å². The van der Waals surface area contributed by atoms with Crippen molar-refractivity contribution in [2.24, 2.45) is 0 Å². The predicted molar refractivity (Wildman–Crippen MR) is 89.0 cm³/mol. The topological polar surface area (TPSA) is 26.3 Å². The molecule has 1 aliphatic carbocycles. The van der Waals surface area contributed by atoms with Crippen LogP contribution in [-0.2, 0) is 6.42 Å². The van der Waals surface area contributed by atoms with E-state index in [2.05, 4.69) is 6.92 Å². The van der Waals surface area contributed by atoms with Crippen LogP contribution in [0.3, 0.4) is 0 Å². The van der Waals surface area contributed by atoms with E-state index < -0.39 is 17.6 Å². The molecule has 0 unspecified atom stereocenters. The number of carbonyl (C=O) groups is 1. The zero-order valence-corrected chi connectivity index (χ0v) is 13.4. The quantitative estimate of drug-likeness (QED) is 0.561. The molecule has 2 aromatic carbocycles. The highest BCUT2D eigenvalue weighted by molar-refractivity contribution is 5.92. The number of hydrogen-bond acceptors (Lipinski definition) is 2. The van der Waals surface area contributed by atoms with E-state index >= 15 is 0 Å². The van der Waals surface area contributed by atoms with Crippen molar-refractivity contribution in [3.05, 3.63) is 70.3 Å². The summed E-state index contributed by atoms with van der Waals surface area (Å²) in [5, 5.41) is 0. The lowest BCUT2D eigenvalue weighted by atomic mass is 9.88. The highest BCUT2D eigenvalue weighted by Crippen LogP contribution is 2.30. The predicted octanol–water partition coefficient (Wildman–Crippen LogP) is 5.31. The molecule has 0 bridgehead atoms. The highest BCUT2D eigenvalue weighted by Gasteiger charge is 2.21. The van der Waals surface area contributed by atoms with Crippen LogP contribution in [0.5, 0.6) is 5.75 Å². The van der Waals surface area contributed by atoms with Gasteiger partial charge >= 0.3 is 5.97 Å². The maximum Gasteiger partial charge on any atom is 0.346 e. The summed E-state index contributed by atoms with van der Waals surface area (Å²) in [5.74, 6) is -1.54. The molecule has 124 valence electrons. The summed E-state index contributed by atoms with van der Waals surface area (Å²) in [5.41, 5.74) is 2.61. The molecule has 3 rings (SSSR count). The van der Waals surface area contributed by atoms with E-state index in [9.17, 15) is 13.6 Å². The molecule has 2 aromatic rings. The zero-order valence-electron chi connectivity index (χ0n) is 13.4. The number of hydrogen-bond donors (Lipinski definition) is 0. The fourth-order valence-corrected chi connectivity index (χ4v) is 2.94. The number of rotatable bonds is 4. The molecule has 0 atom stereocenters. The molecule has 0 heterocycles. The lowest BCUT2D eigenvalue weighted by molar-refractivity contribution is 0.0729. The minimum Gasteiger partial charge on any atom is -0.423 e. The Hall–Kier alpha value is -2.49. The van der Waals surface area contributed by atoms with Gasteiger partial charge in [0.25, 0.3) is 0 Å². The minimum absolute atomic E-state index is 0.0922. The Labute approximate surface area is 139 Å². The third-order valence-electron chi connectivity index (χ3n) is 4.15. The number of benzene rings is 2. The first kappa shape index (κ1) is 16.4. The van der Waals surface area contributed by atoms with Crippen molar-refractivity contribution in [2.45, 2.75) is 32.6 Å². The second kappa shape index (κ2) is 6.95. The van der Waals surface area contributed by atoms with Crippen LogP contribution in [-0.4, -0.2) is 5.97 Å². The van der Waals surface area contributed by atoms with Gasteiger partial charge in [0, 0.05) is 0 Å². The molecule has 2 nitrogen and oxygen atoms in total. The Balaban J connectivity index is 1.85. The second-order valence-corrected chi connectivity index (χ2v) is 5.89. The molecule has 0 spiro atoms. The first-order chi connectivity index (χ1) is 11.6. The van der Waals surface area contributed by atoms with Gasteiger partial charge in [0.2, 0.25) is 0 Å². The van der Waals surface area contributed by atoms with Crippen molar-refractivity contribution < 1.29 is 18.3 Å². The molecule has 1 aliphatic rings. The number of allylic oxidation sites excluding steroid dienone is 1. The Morgan fingerprint density at radius 3 is 2.54 bits per heavy atom. The molecule has 0 radical (unpaired) electrons. The van der Waals surface area contributed by atoms with Crippen LogP contribution in [0.25, 0.3) is 6.08 Å².